The fraction of sp³-hybridized carbons (Fsp3) is 0.286. The Morgan fingerprint density at radius 2 is 1.92 bits per heavy atom. The van der Waals surface area contributed by atoms with Crippen LogP contribution in [0.25, 0.3) is 11.4 Å². The highest BCUT2D eigenvalue weighted by Crippen LogP contribution is 2.22. The predicted molar refractivity (Wildman–Crippen MR) is 80.7 cm³/mol. The van der Waals surface area contributed by atoms with Crippen LogP contribution in [0, 0.1) is 0 Å². The van der Waals surface area contributed by atoms with E-state index in [1.54, 1.807) is 31.4 Å². The van der Waals surface area contributed by atoms with Gasteiger partial charge in [0.05, 0.1) is 7.11 Å². The van der Waals surface area contributed by atoms with Crippen molar-refractivity contribution in [2.45, 2.75) is 19.1 Å². The molecule has 0 fully saturated rings. The van der Waals surface area contributed by atoms with E-state index in [0.717, 1.165) is 5.56 Å². The summed E-state index contributed by atoms with van der Waals surface area (Å²) in [6, 6.07) is 6.42. The van der Waals surface area contributed by atoms with Crippen molar-refractivity contribution in [3.8, 4) is 17.1 Å². The van der Waals surface area contributed by atoms with Crippen LogP contribution in [-0.2, 0) is 9.59 Å². The average Bonchev–Trinajstić information content (AvgIpc) is 3.03. The summed E-state index contributed by atoms with van der Waals surface area (Å²) >= 11 is 0. The summed E-state index contributed by atoms with van der Waals surface area (Å²) in [5.41, 5.74) is 0.721. The first-order valence-corrected chi connectivity index (χ1v) is 6.82. The fourth-order valence-electron chi connectivity index (χ4n) is 1.41. The monoisotopic (exact) mass is 377 g/mol. The van der Waals surface area contributed by atoms with Gasteiger partial charge in [0.2, 0.25) is 5.82 Å². The summed E-state index contributed by atoms with van der Waals surface area (Å²) in [6.07, 6.45) is -5.08. The molecule has 9 nitrogen and oxygen atoms in total. The first kappa shape index (κ1) is 20.7. The average molecular weight is 377 g/mol. The van der Waals surface area contributed by atoms with Gasteiger partial charge < -0.3 is 24.8 Å². The van der Waals surface area contributed by atoms with E-state index in [1.165, 1.54) is 6.92 Å². The number of carbonyl (C=O) groups is 2. The van der Waals surface area contributed by atoms with Crippen molar-refractivity contribution < 1.29 is 42.2 Å². The molecule has 142 valence electrons. The van der Waals surface area contributed by atoms with Gasteiger partial charge in [0.15, 0.2) is 0 Å². The van der Waals surface area contributed by atoms with Gasteiger partial charge in [-0.15, -0.1) is 0 Å². The number of aromatic nitrogens is 2. The smallest absolute Gasteiger partial charge is 0.490 e. The van der Waals surface area contributed by atoms with Crippen LogP contribution in [0.5, 0.6) is 5.75 Å². The number of benzene rings is 1. The van der Waals surface area contributed by atoms with Crippen molar-refractivity contribution in [3.05, 3.63) is 24.3 Å². The Balaban J connectivity index is 0.000000412. The predicted octanol–water partition coefficient (Wildman–Crippen LogP) is 2.26. The van der Waals surface area contributed by atoms with Crippen LogP contribution in [-0.4, -0.2) is 51.6 Å². The Bertz CT molecular complexity index is 762. The number of anilines is 1. The number of nitrogens with zero attached hydrogens (tertiary/aromatic N) is 2. The highest BCUT2D eigenvalue weighted by Gasteiger charge is 2.38. The van der Waals surface area contributed by atoms with Crippen LogP contribution in [0.1, 0.15) is 6.92 Å². The zero-order valence-electron chi connectivity index (χ0n) is 13.4. The third-order valence-corrected chi connectivity index (χ3v) is 2.71. The molecular weight excluding hydrogens is 363 g/mol. The van der Waals surface area contributed by atoms with Gasteiger partial charge in [-0.05, 0) is 19.1 Å². The standard InChI is InChI=1S/C12H13N3O4.C2HF3O2/c1-7(11(16)17)13-12-14-10(15-19-12)8-4-3-5-9(6-8)18-2;3-2(4,5)1(6)7/h3-7H,1-2H3,(H,16,17)(H,13,14,15);(H,6,7)/t7-;/m0./s1. The molecule has 0 spiro atoms. The minimum atomic E-state index is -5.08. The van der Waals surface area contributed by atoms with Gasteiger partial charge in [0.1, 0.15) is 11.8 Å². The Hall–Kier alpha value is -3.31. The van der Waals surface area contributed by atoms with Gasteiger partial charge in [-0.2, -0.15) is 18.2 Å². The van der Waals surface area contributed by atoms with Crippen LogP contribution < -0.4 is 10.1 Å². The van der Waals surface area contributed by atoms with Gasteiger partial charge in [0.25, 0.3) is 0 Å². The van der Waals surface area contributed by atoms with E-state index < -0.39 is 24.2 Å². The number of rotatable bonds is 5. The fourth-order valence-corrected chi connectivity index (χ4v) is 1.41. The Kier molecular flexibility index (Phi) is 6.93. The van der Waals surface area contributed by atoms with E-state index in [2.05, 4.69) is 15.5 Å². The summed E-state index contributed by atoms with van der Waals surface area (Å²) in [6.45, 7) is 1.48. The molecule has 0 saturated carbocycles. The zero-order chi connectivity index (χ0) is 19.9. The Morgan fingerprint density at radius 1 is 1.31 bits per heavy atom. The highest BCUT2D eigenvalue weighted by molar-refractivity contribution is 5.75. The summed E-state index contributed by atoms with van der Waals surface area (Å²) < 4.78 is 41.8. The lowest BCUT2D eigenvalue weighted by Crippen LogP contribution is -2.25. The second kappa shape index (κ2) is 8.69. The van der Waals surface area contributed by atoms with Crippen molar-refractivity contribution in [3.63, 3.8) is 0 Å². The molecule has 0 aliphatic heterocycles. The van der Waals surface area contributed by atoms with Gasteiger partial charge >= 0.3 is 24.1 Å². The van der Waals surface area contributed by atoms with Crippen molar-refractivity contribution in [2.24, 2.45) is 0 Å². The first-order valence-electron chi connectivity index (χ1n) is 6.82. The molecule has 26 heavy (non-hydrogen) atoms. The van der Waals surface area contributed by atoms with Crippen LogP contribution in [0.2, 0.25) is 0 Å². The second-order valence-electron chi connectivity index (χ2n) is 4.66. The van der Waals surface area contributed by atoms with E-state index in [0.29, 0.717) is 11.6 Å². The molecule has 0 amide bonds. The number of halogens is 3. The topological polar surface area (TPSA) is 135 Å². The summed E-state index contributed by atoms with van der Waals surface area (Å²) in [5.74, 6) is -2.72. The number of aliphatic carboxylic acids is 2. The molecule has 0 radical (unpaired) electrons. The minimum Gasteiger partial charge on any atom is -0.497 e. The maximum Gasteiger partial charge on any atom is 0.490 e. The first-order chi connectivity index (χ1) is 12.0. The Morgan fingerprint density at radius 3 is 2.42 bits per heavy atom. The lowest BCUT2D eigenvalue weighted by Gasteiger charge is -2.04. The number of carboxylic acid groups (broad SMARTS) is 2. The number of alkyl halides is 3. The van der Waals surface area contributed by atoms with E-state index in [-0.39, 0.29) is 6.01 Å². The van der Waals surface area contributed by atoms with Gasteiger partial charge in [-0.25, -0.2) is 4.79 Å². The SMILES string of the molecule is COc1cccc(-c2noc(N[C@@H](C)C(=O)O)n2)c1.O=C(O)C(F)(F)F. The van der Waals surface area contributed by atoms with Crippen molar-refractivity contribution >= 4 is 18.0 Å². The van der Waals surface area contributed by atoms with Crippen LogP contribution in [0.15, 0.2) is 28.8 Å². The Labute approximate surface area is 144 Å². The third-order valence-electron chi connectivity index (χ3n) is 2.71. The number of hydrogen-bond acceptors (Lipinski definition) is 7. The van der Waals surface area contributed by atoms with E-state index >= 15 is 0 Å². The maximum absolute atomic E-state index is 10.7. The molecule has 1 atom stereocenters. The normalized spacial score (nSPS) is 11.7. The summed E-state index contributed by atoms with van der Waals surface area (Å²) in [5, 5.41) is 22.3. The molecule has 0 bridgehead atoms. The molecule has 1 aromatic carbocycles. The minimum absolute atomic E-state index is 0.0627. The molecule has 3 N–H and O–H groups in total. The quantitative estimate of drug-likeness (QED) is 0.717. The number of methoxy groups -OCH3 is 1. The van der Waals surface area contributed by atoms with Crippen molar-refractivity contribution in [1.29, 1.82) is 0 Å². The molecule has 0 aliphatic carbocycles. The molecule has 1 aromatic heterocycles. The molecule has 2 aromatic rings. The van der Waals surface area contributed by atoms with E-state index in [9.17, 15) is 18.0 Å². The molecule has 0 aliphatic rings. The highest BCUT2D eigenvalue weighted by atomic mass is 19.4. The lowest BCUT2D eigenvalue weighted by molar-refractivity contribution is -0.192. The molecule has 12 heteroatoms. The van der Waals surface area contributed by atoms with Crippen LogP contribution >= 0.6 is 0 Å². The van der Waals surface area contributed by atoms with E-state index in [1.807, 2.05) is 0 Å². The maximum atomic E-state index is 10.7. The number of ether oxygens (including phenoxy) is 1. The molecule has 0 unspecified atom stereocenters. The largest absolute Gasteiger partial charge is 0.497 e. The van der Waals surface area contributed by atoms with Crippen LogP contribution in [0.4, 0.5) is 19.2 Å². The lowest BCUT2D eigenvalue weighted by atomic mass is 10.2. The third kappa shape index (κ3) is 6.30. The van der Waals surface area contributed by atoms with Gasteiger partial charge in [0, 0.05) is 5.56 Å². The van der Waals surface area contributed by atoms with Gasteiger partial charge in [-0.3, -0.25) is 4.79 Å². The summed E-state index contributed by atoms with van der Waals surface area (Å²) in [4.78, 5) is 23.7. The number of nitrogens with one attached hydrogen (secondary N) is 1. The van der Waals surface area contributed by atoms with Gasteiger partial charge in [-0.1, -0.05) is 17.3 Å². The van der Waals surface area contributed by atoms with E-state index in [4.69, 9.17) is 24.3 Å². The molecule has 0 saturated heterocycles. The second-order valence-corrected chi connectivity index (χ2v) is 4.66. The molecule has 1 heterocycles. The zero-order valence-corrected chi connectivity index (χ0v) is 13.4. The summed E-state index contributed by atoms with van der Waals surface area (Å²) in [7, 11) is 1.57. The van der Waals surface area contributed by atoms with Crippen LogP contribution in [0.3, 0.4) is 0 Å². The van der Waals surface area contributed by atoms with Crippen molar-refractivity contribution in [2.75, 3.05) is 12.4 Å². The number of carboxylic acids is 2. The number of hydrogen-bond donors (Lipinski definition) is 3. The van der Waals surface area contributed by atoms with Crippen molar-refractivity contribution in [1.82, 2.24) is 10.1 Å². The molecular formula is C14H14F3N3O6. The molecule has 2 rings (SSSR count).